The molecular formula is C19H28N4O8S. The molecule has 0 radical (unpaired) electrons. The molecule has 1 aromatic rings. The lowest BCUT2D eigenvalue weighted by molar-refractivity contribution is -0.142. The number of carboxylic acid groups (broad SMARTS) is 1. The number of thiol groups is 1. The molecule has 0 spiro atoms. The van der Waals surface area contributed by atoms with E-state index in [4.69, 9.17) is 10.8 Å². The van der Waals surface area contributed by atoms with E-state index in [0.29, 0.717) is 5.56 Å². The van der Waals surface area contributed by atoms with Crippen LogP contribution in [0.5, 0.6) is 5.75 Å². The van der Waals surface area contributed by atoms with Crippen molar-refractivity contribution in [3.63, 3.8) is 0 Å². The molecule has 0 aliphatic heterocycles. The van der Waals surface area contributed by atoms with Crippen molar-refractivity contribution in [3.8, 4) is 5.75 Å². The standard InChI is InChI=1S/C19H28N4O8S/c1-9(25)15(18(29)22-14(8-32)19(30)31)23-17(28)13(7-24)21-16(27)12(20)6-10-2-4-11(26)5-3-10/h2-5,9,12-15,24-26,32H,6-8,20H2,1H3,(H,21,27)(H,22,29)(H,23,28)(H,30,31). The number of hydrogen-bond donors (Lipinski definition) is 9. The number of carboxylic acids is 1. The van der Waals surface area contributed by atoms with E-state index in [9.17, 15) is 34.5 Å². The van der Waals surface area contributed by atoms with Crippen molar-refractivity contribution in [3.05, 3.63) is 29.8 Å². The first-order valence-corrected chi connectivity index (χ1v) is 10.2. The van der Waals surface area contributed by atoms with Gasteiger partial charge in [0.05, 0.1) is 18.8 Å². The van der Waals surface area contributed by atoms with Gasteiger partial charge in [-0.2, -0.15) is 12.6 Å². The fraction of sp³-hybridized carbons (Fsp3) is 0.474. The van der Waals surface area contributed by atoms with Gasteiger partial charge in [-0.25, -0.2) is 4.79 Å². The van der Waals surface area contributed by atoms with E-state index in [2.05, 4.69) is 28.6 Å². The normalized spacial score (nSPS) is 15.5. The van der Waals surface area contributed by atoms with Crippen LogP contribution in [0, 0.1) is 0 Å². The summed E-state index contributed by atoms with van der Waals surface area (Å²) in [7, 11) is 0. The Morgan fingerprint density at radius 3 is 2.03 bits per heavy atom. The maximum Gasteiger partial charge on any atom is 0.327 e. The van der Waals surface area contributed by atoms with Crippen LogP contribution in [0.1, 0.15) is 12.5 Å². The van der Waals surface area contributed by atoms with Crippen molar-refractivity contribution in [1.82, 2.24) is 16.0 Å². The number of aromatic hydroxyl groups is 1. The topological polar surface area (TPSA) is 211 Å². The van der Waals surface area contributed by atoms with Crippen LogP contribution in [-0.4, -0.2) is 86.7 Å². The molecule has 9 N–H and O–H groups in total. The SMILES string of the molecule is CC(O)C(NC(=O)C(CO)NC(=O)C(N)Cc1ccc(O)cc1)C(=O)NC(CS)C(=O)O. The van der Waals surface area contributed by atoms with Crippen LogP contribution in [0.4, 0.5) is 0 Å². The summed E-state index contributed by atoms with van der Waals surface area (Å²) >= 11 is 3.81. The molecule has 0 heterocycles. The molecule has 1 aromatic carbocycles. The number of aliphatic hydroxyl groups is 2. The van der Waals surface area contributed by atoms with Gasteiger partial charge in [0, 0.05) is 5.75 Å². The highest BCUT2D eigenvalue weighted by Crippen LogP contribution is 2.11. The maximum atomic E-state index is 12.5. The van der Waals surface area contributed by atoms with Gasteiger partial charge in [0.15, 0.2) is 0 Å². The third-order valence-corrected chi connectivity index (χ3v) is 4.77. The Morgan fingerprint density at radius 1 is 1.00 bits per heavy atom. The van der Waals surface area contributed by atoms with Crippen molar-refractivity contribution in [1.29, 1.82) is 0 Å². The number of benzene rings is 1. The van der Waals surface area contributed by atoms with Gasteiger partial charge >= 0.3 is 5.97 Å². The summed E-state index contributed by atoms with van der Waals surface area (Å²) < 4.78 is 0. The van der Waals surface area contributed by atoms with Crippen molar-refractivity contribution in [2.45, 2.75) is 43.6 Å². The predicted octanol–water partition coefficient (Wildman–Crippen LogP) is -2.90. The van der Waals surface area contributed by atoms with E-state index in [0.717, 1.165) is 0 Å². The number of nitrogens with one attached hydrogen (secondary N) is 3. The molecule has 0 bridgehead atoms. The van der Waals surface area contributed by atoms with Crippen LogP contribution in [0.3, 0.4) is 0 Å². The number of carbonyl (C=O) groups is 4. The zero-order chi connectivity index (χ0) is 24.4. The lowest BCUT2D eigenvalue weighted by Crippen LogP contribution is -2.60. The minimum atomic E-state index is -1.55. The second-order valence-electron chi connectivity index (χ2n) is 7.03. The Hall–Kier alpha value is -2.87. The summed E-state index contributed by atoms with van der Waals surface area (Å²) in [6.45, 7) is 0.368. The van der Waals surface area contributed by atoms with Crippen molar-refractivity contribution in [2.75, 3.05) is 12.4 Å². The summed E-state index contributed by atoms with van der Waals surface area (Å²) in [4.78, 5) is 48.1. The molecule has 3 amide bonds. The van der Waals surface area contributed by atoms with Gasteiger partial charge in [-0.1, -0.05) is 12.1 Å². The second-order valence-corrected chi connectivity index (χ2v) is 7.39. The van der Waals surface area contributed by atoms with Gasteiger partial charge in [0.2, 0.25) is 17.7 Å². The van der Waals surface area contributed by atoms with Gasteiger partial charge in [-0.15, -0.1) is 0 Å². The third kappa shape index (κ3) is 8.34. The minimum Gasteiger partial charge on any atom is -0.508 e. The van der Waals surface area contributed by atoms with Gasteiger partial charge < -0.3 is 42.1 Å². The Balaban J connectivity index is 2.77. The Bertz CT molecular complexity index is 805. The van der Waals surface area contributed by atoms with E-state index >= 15 is 0 Å². The zero-order valence-electron chi connectivity index (χ0n) is 17.3. The molecule has 0 saturated heterocycles. The highest BCUT2D eigenvalue weighted by molar-refractivity contribution is 7.80. The number of rotatable bonds is 12. The number of hydrogen-bond acceptors (Lipinski definition) is 9. The molecule has 0 saturated carbocycles. The number of nitrogens with two attached hydrogens (primary N) is 1. The van der Waals surface area contributed by atoms with Crippen LogP contribution in [0.25, 0.3) is 0 Å². The molecule has 12 nitrogen and oxygen atoms in total. The summed E-state index contributed by atoms with van der Waals surface area (Å²) in [5, 5.41) is 44.2. The number of phenolic OH excluding ortho intramolecular Hbond substituents is 1. The molecule has 0 fully saturated rings. The van der Waals surface area contributed by atoms with E-state index in [-0.39, 0.29) is 17.9 Å². The molecule has 1 rings (SSSR count). The van der Waals surface area contributed by atoms with E-state index in [1.807, 2.05) is 0 Å². The average Bonchev–Trinajstić information content (AvgIpc) is 2.74. The third-order valence-electron chi connectivity index (χ3n) is 4.40. The van der Waals surface area contributed by atoms with Crippen molar-refractivity contribution < 1.29 is 39.6 Å². The summed E-state index contributed by atoms with van der Waals surface area (Å²) in [5.41, 5.74) is 6.48. The van der Waals surface area contributed by atoms with Crippen LogP contribution in [-0.2, 0) is 25.6 Å². The van der Waals surface area contributed by atoms with Crippen molar-refractivity contribution in [2.24, 2.45) is 5.73 Å². The molecule has 0 aliphatic rings. The molecule has 0 aliphatic carbocycles. The molecular weight excluding hydrogens is 444 g/mol. The predicted molar refractivity (Wildman–Crippen MR) is 116 cm³/mol. The first-order valence-electron chi connectivity index (χ1n) is 9.57. The molecule has 178 valence electrons. The van der Waals surface area contributed by atoms with Gasteiger partial charge in [-0.05, 0) is 31.0 Å². The van der Waals surface area contributed by atoms with Crippen LogP contribution in [0.15, 0.2) is 24.3 Å². The molecule has 0 aromatic heterocycles. The highest BCUT2D eigenvalue weighted by Gasteiger charge is 2.32. The molecule has 13 heteroatoms. The fourth-order valence-corrected chi connectivity index (χ4v) is 2.81. The smallest absolute Gasteiger partial charge is 0.327 e. The van der Waals surface area contributed by atoms with E-state index < -0.39 is 60.6 Å². The average molecular weight is 473 g/mol. The van der Waals surface area contributed by atoms with Crippen LogP contribution >= 0.6 is 12.6 Å². The largest absolute Gasteiger partial charge is 0.508 e. The number of phenols is 1. The summed E-state index contributed by atoms with van der Waals surface area (Å²) in [6.07, 6.45) is -1.33. The van der Waals surface area contributed by atoms with E-state index in [1.165, 1.54) is 19.1 Å². The molecule has 5 atom stereocenters. The number of amides is 3. The Morgan fingerprint density at radius 2 is 1.56 bits per heavy atom. The minimum absolute atomic E-state index is 0.0459. The first-order chi connectivity index (χ1) is 15.0. The lowest BCUT2D eigenvalue weighted by Gasteiger charge is -2.25. The Kier molecular flexibility index (Phi) is 10.9. The Labute approximate surface area is 189 Å². The van der Waals surface area contributed by atoms with Gasteiger partial charge in [0.25, 0.3) is 0 Å². The lowest BCUT2D eigenvalue weighted by atomic mass is 10.1. The number of aliphatic hydroxyl groups excluding tert-OH is 2. The van der Waals surface area contributed by atoms with Crippen LogP contribution in [0.2, 0.25) is 0 Å². The summed E-state index contributed by atoms with van der Waals surface area (Å²) in [5.74, 6) is -4.27. The molecule has 5 unspecified atom stereocenters. The van der Waals surface area contributed by atoms with Crippen LogP contribution < -0.4 is 21.7 Å². The number of aliphatic carboxylic acids is 1. The van der Waals surface area contributed by atoms with E-state index in [1.54, 1.807) is 12.1 Å². The maximum absolute atomic E-state index is 12.5. The summed E-state index contributed by atoms with van der Waals surface area (Å²) in [6, 6.07) is 0.517. The fourth-order valence-electron chi connectivity index (χ4n) is 2.56. The first kappa shape index (κ1) is 27.2. The monoisotopic (exact) mass is 472 g/mol. The number of carbonyl (C=O) groups excluding carboxylic acids is 3. The second kappa shape index (κ2) is 12.9. The van der Waals surface area contributed by atoms with Gasteiger partial charge in [-0.3, -0.25) is 14.4 Å². The molecule has 32 heavy (non-hydrogen) atoms. The van der Waals surface area contributed by atoms with Gasteiger partial charge in [0.1, 0.15) is 23.9 Å². The quantitative estimate of drug-likeness (QED) is 0.143. The zero-order valence-corrected chi connectivity index (χ0v) is 18.2. The van der Waals surface area contributed by atoms with Crippen molar-refractivity contribution >= 4 is 36.3 Å². The highest BCUT2D eigenvalue weighted by atomic mass is 32.1.